The maximum absolute atomic E-state index is 10.8. The van der Waals surface area contributed by atoms with Gasteiger partial charge in [-0.25, -0.2) is 9.78 Å². The van der Waals surface area contributed by atoms with Gasteiger partial charge in [0.1, 0.15) is 0 Å². The van der Waals surface area contributed by atoms with Crippen LogP contribution in [0.25, 0.3) is 0 Å². The molecule has 0 saturated heterocycles. The lowest BCUT2D eigenvalue weighted by molar-refractivity contribution is 0.259. The Morgan fingerprint density at radius 3 is 2.74 bits per heavy atom. The van der Waals surface area contributed by atoms with Gasteiger partial charge >= 0.3 is 6.03 Å². The Balaban J connectivity index is 2.03. The molecule has 19 heavy (non-hydrogen) atoms. The predicted octanol–water partition coefficient (Wildman–Crippen LogP) is 2.86. The highest BCUT2D eigenvalue weighted by Crippen LogP contribution is 2.20. The molecule has 4 N–H and O–H groups in total. The second kappa shape index (κ2) is 5.71. The fourth-order valence-electron chi connectivity index (χ4n) is 1.77. The van der Waals surface area contributed by atoms with Gasteiger partial charge in [-0.05, 0) is 32.0 Å². The number of rotatable bonds is 4. The zero-order chi connectivity index (χ0) is 13.8. The van der Waals surface area contributed by atoms with Gasteiger partial charge in [-0.3, -0.25) is 0 Å². The highest BCUT2D eigenvalue weighted by atomic mass is 32.1. The topological polar surface area (TPSA) is 80.0 Å². The number of urea groups is 1. The van der Waals surface area contributed by atoms with Crippen molar-refractivity contribution in [2.75, 3.05) is 10.6 Å². The summed E-state index contributed by atoms with van der Waals surface area (Å²) < 4.78 is 0. The van der Waals surface area contributed by atoms with Gasteiger partial charge < -0.3 is 16.4 Å². The van der Waals surface area contributed by atoms with Crippen LogP contribution in [0.2, 0.25) is 0 Å². The number of primary amides is 1. The lowest BCUT2D eigenvalue weighted by Crippen LogP contribution is -2.19. The third-order valence-corrected chi connectivity index (χ3v) is 3.66. The number of carbonyl (C=O) groups is 1. The van der Waals surface area contributed by atoms with Gasteiger partial charge in [-0.1, -0.05) is 6.07 Å². The first kappa shape index (κ1) is 13.4. The number of amides is 2. The smallest absolute Gasteiger partial charge is 0.316 e. The van der Waals surface area contributed by atoms with E-state index >= 15 is 0 Å². The molecule has 0 saturated carbocycles. The summed E-state index contributed by atoms with van der Waals surface area (Å²) in [5.41, 5.74) is 7.75. The molecule has 1 aromatic carbocycles. The molecular weight excluding hydrogens is 260 g/mol. The van der Waals surface area contributed by atoms with Crippen molar-refractivity contribution >= 4 is 28.7 Å². The largest absolute Gasteiger partial charge is 0.380 e. The van der Waals surface area contributed by atoms with Gasteiger partial charge in [0.2, 0.25) is 0 Å². The standard InChI is InChI=1S/C13H16N4OS/c1-8-12(19-9(2)16-8)7-15-10-4-3-5-11(6-10)17-13(14)18/h3-6,15H,7H2,1-2H3,(H3,14,17,18). The molecule has 0 bridgehead atoms. The third kappa shape index (κ3) is 3.69. The lowest BCUT2D eigenvalue weighted by atomic mass is 10.2. The van der Waals surface area contributed by atoms with Crippen LogP contribution in [-0.4, -0.2) is 11.0 Å². The lowest BCUT2D eigenvalue weighted by Gasteiger charge is -2.08. The number of nitrogens with two attached hydrogens (primary N) is 1. The van der Waals surface area contributed by atoms with Crippen molar-refractivity contribution in [3.05, 3.63) is 39.8 Å². The molecule has 0 aliphatic heterocycles. The third-order valence-electron chi connectivity index (χ3n) is 2.58. The zero-order valence-corrected chi connectivity index (χ0v) is 11.7. The molecule has 0 atom stereocenters. The number of anilines is 2. The highest BCUT2D eigenvalue weighted by Gasteiger charge is 2.04. The van der Waals surface area contributed by atoms with Crippen LogP contribution in [0, 0.1) is 13.8 Å². The fraction of sp³-hybridized carbons (Fsp3) is 0.231. The Hall–Kier alpha value is -2.08. The van der Waals surface area contributed by atoms with Crippen LogP contribution < -0.4 is 16.4 Å². The normalized spacial score (nSPS) is 10.2. The van der Waals surface area contributed by atoms with Crippen LogP contribution in [0.1, 0.15) is 15.6 Å². The first-order chi connectivity index (χ1) is 9.04. The molecule has 0 aliphatic carbocycles. The summed E-state index contributed by atoms with van der Waals surface area (Å²) in [5.74, 6) is 0. The van der Waals surface area contributed by atoms with Gasteiger partial charge in [-0.2, -0.15) is 0 Å². The number of nitrogens with one attached hydrogen (secondary N) is 2. The summed E-state index contributed by atoms with van der Waals surface area (Å²) in [6.07, 6.45) is 0. The van der Waals surface area contributed by atoms with E-state index in [2.05, 4.69) is 15.6 Å². The molecule has 2 aromatic rings. The summed E-state index contributed by atoms with van der Waals surface area (Å²) >= 11 is 1.69. The number of hydrogen-bond acceptors (Lipinski definition) is 4. The Labute approximate surface area is 115 Å². The van der Waals surface area contributed by atoms with Crippen molar-refractivity contribution in [3.8, 4) is 0 Å². The highest BCUT2D eigenvalue weighted by molar-refractivity contribution is 7.11. The van der Waals surface area contributed by atoms with E-state index in [4.69, 9.17) is 5.73 Å². The van der Waals surface area contributed by atoms with Gasteiger partial charge in [0.15, 0.2) is 0 Å². The van der Waals surface area contributed by atoms with E-state index in [1.165, 1.54) is 4.88 Å². The van der Waals surface area contributed by atoms with Gasteiger partial charge in [0.25, 0.3) is 0 Å². The van der Waals surface area contributed by atoms with E-state index in [0.717, 1.165) is 22.9 Å². The summed E-state index contributed by atoms with van der Waals surface area (Å²) in [4.78, 5) is 16.4. The Morgan fingerprint density at radius 2 is 2.11 bits per heavy atom. The molecule has 0 radical (unpaired) electrons. The SMILES string of the molecule is Cc1nc(C)c(CNc2cccc(NC(N)=O)c2)s1. The summed E-state index contributed by atoms with van der Waals surface area (Å²) in [6, 6.07) is 6.87. The molecular formula is C13H16N4OS. The minimum atomic E-state index is -0.564. The number of aryl methyl sites for hydroxylation is 2. The van der Waals surface area contributed by atoms with Crippen molar-refractivity contribution in [2.24, 2.45) is 5.73 Å². The maximum atomic E-state index is 10.8. The number of aromatic nitrogens is 1. The van der Waals surface area contributed by atoms with Crippen molar-refractivity contribution in [1.29, 1.82) is 0 Å². The van der Waals surface area contributed by atoms with E-state index in [9.17, 15) is 4.79 Å². The zero-order valence-electron chi connectivity index (χ0n) is 10.9. The van der Waals surface area contributed by atoms with Crippen LogP contribution in [0.15, 0.2) is 24.3 Å². The second-order valence-corrected chi connectivity index (χ2v) is 5.45. The molecule has 0 unspecified atom stereocenters. The predicted molar refractivity (Wildman–Crippen MR) is 78.6 cm³/mol. The average molecular weight is 276 g/mol. The van der Waals surface area contributed by atoms with E-state index in [0.29, 0.717) is 5.69 Å². The molecule has 0 spiro atoms. The summed E-state index contributed by atoms with van der Waals surface area (Å²) in [7, 11) is 0. The number of carbonyl (C=O) groups excluding carboxylic acids is 1. The minimum absolute atomic E-state index is 0.564. The molecule has 0 aliphatic rings. The van der Waals surface area contributed by atoms with Crippen LogP contribution in [0.4, 0.5) is 16.2 Å². The molecule has 6 heteroatoms. The van der Waals surface area contributed by atoms with Gasteiger partial charge in [0.05, 0.1) is 17.2 Å². The van der Waals surface area contributed by atoms with E-state index in [1.54, 1.807) is 17.4 Å². The summed E-state index contributed by atoms with van der Waals surface area (Å²) in [6.45, 7) is 4.72. The minimum Gasteiger partial charge on any atom is -0.380 e. The second-order valence-electron chi connectivity index (χ2n) is 4.17. The molecule has 1 heterocycles. The maximum Gasteiger partial charge on any atom is 0.316 e. The fourth-order valence-corrected chi connectivity index (χ4v) is 2.65. The summed E-state index contributed by atoms with van der Waals surface area (Å²) in [5, 5.41) is 6.92. The Bertz CT molecular complexity index is 594. The van der Waals surface area contributed by atoms with Crippen LogP contribution >= 0.6 is 11.3 Å². The molecule has 100 valence electrons. The van der Waals surface area contributed by atoms with Crippen molar-refractivity contribution in [2.45, 2.75) is 20.4 Å². The van der Waals surface area contributed by atoms with Crippen LogP contribution in [-0.2, 0) is 6.54 Å². The van der Waals surface area contributed by atoms with Crippen LogP contribution in [0.5, 0.6) is 0 Å². The van der Waals surface area contributed by atoms with E-state index < -0.39 is 6.03 Å². The van der Waals surface area contributed by atoms with Crippen LogP contribution in [0.3, 0.4) is 0 Å². The number of hydrogen-bond donors (Lipinski definition) is 3. The Kier molecular flexibility index (Phi) is 4.01. The molecule has 1 aromatic heterocycles. The van der Waals surface area contributed by atoms with E-state index in [-0.39, 0.29) is 0 Å². The monoisotopic (exact) mass is 276 g/mol. The molecule has 2 rings (SSSR count). The van der Waals surface area contributed by atoms with Crippen molar-refractivity contribution in [3.63, 3.8) is 0 Å². The quantitative estimate of drug-likeness (QED) is 0.803. The van der Waals surface area contributed by atoms with Gasteiger partial charge in [0, 0.05) is 16.3 Å². The number of nitrogens with zero attached hydrogens (tertiary/aromatic N) is 1. The first-order valence-electron chi connectivity index (χ1n) is 5.88. The van der Waals surface area contributed by atoms with Crippen molar-refractivity contribution in [1.82, 2.24) is 4.98 Å². The molecule has 5 nitrogen and oxygen atoms in total. The molecule has 2 amide bonds. The molecule has 0 fully saturated rings. The average Bonchev–Trinajstić information content (AvgIpc) is 2.65. The first-order valence-corrected chi connectivity index (χ1v) is 6.69. The van der Waals surface area contributed by atoms with Gasteiger partial charge in [-0.15, -0.1) is 11.3 Å². The Morgan fingerprint density at radius 1 is 1.37 bits per heavy atom. The number of thiazole rings is 1. The number of benzene rings is 1. The van der Waals surface area contributed by atoms with Crippen molar-refractivity contribution < 1.29 is 4.79 Å². The van der Waals surface area contributed by atoms with E-state index in [1.807, 2.05) is 32.0 Å².